The maximum Gasteiger partial charge on any atom is 0.266 e. The number of phenols is 4. The molecule has 10 heteroatoms. The van der Waals surface area contributed by atoms with E-state index >= 15 is 0 Å². The second-order valence-corrected chi connectivity index (χ2v) is 5.09. The van der Waals surface area contributed by atoms with E-state index in [1.54, 1.807) is 0 Å². The summed E-state index contributed by atoms with van der Waals surface area (Å²) in [7, 11) is 0. The third-order valence-electron chi connectivity index (χ3n) is 3.78. The molecule has 5 N–H and O–H groups in total. The van der Waals surface area contributed by atoms with Gasteiger partial charge in [0, 0.05) is 6.42 Å². The molecule has 0 bridgehead atoms. The van der Waals surface area contributed by atoms with E-state index < -0.39 is 63.8 Å². The average Bonchev–Trinajstić information content (AvgIpc) is 2.75. The number of imide groups is 2. The Bertz CT molecular complexity index is 753. The van der Waals surface area contributed by atoms with Gasteiger partial charge in [0.1, 0.15) is 17.2 Å². The van der Waals surface area contributed by atoms with Gasteiger partial charge in [0.2, 0.25) is 23.3 Å². The molecule has 1 fully saturated rings. The summed E-state index contributed by atoms with van der Waals surface area (Å²) >= 11 is 0. The number of carbonyl (C=O) groups excluding carboxylic acids is 4. The van der Waals surface area contributed by atoms with Crippen molar-refractivity contribution in [2.24, 2.45) is 0 Å². The first-order valence-corrected chi connectivity index (χ1v) is 6.47. The molecule has 1 aromatic rings. The number of hydrogen-bond donors (Lipinski definition) is 5. The van der Waals surface area contributed by atoms with Crippen LogP contribution in [0.25, 0.3) is 0 Å². The Hall–Kier alpha value is -3.30. The lowest BCUT2D eigenvalue weighted by molar-refractivity contribution is -0.136. The Morgan fingerprint density at radius 2 is 1.30 bits per heavy atom. The summed E-state index contributed by atoms with van der Waals surface area (Å²) < 4.78 is 0. The van der Waals surface area contributed by atoms with Crippen molar-refractivity contribution in [3.05, 3.63) is 11.1 Å². The average molecular weight is 322 g/mol. The van der Waals surface area contributed by atoms with E-state index in [9.17, 15) is 39.6 Å². The molecule has 0 spiro atoms. The molecule has 1 atom stereocenters. The molecule has 0 aliphatic carbocycles. The van der Waals surface area contributed by atoms with Crippen molar-refractivity contribution in [3.8, 4) is 23.0 Å². The highest BCUT2D eigenvalue weighted by Crippen LogP contribution is 2.50. The highest BCUT2D eigenvalue weighted by Gasteiger charge is 2.48. The maximum absolute atomic E-state index is 12.3. The number of benzene rings is 1. The number of amides is 4. The normalized spacial score (nSPS) is 20.7. The van der Waals surface area contributed by atoms with Crippen LogP contribution < -0.4 is 5.32 Å². The smallest absolute Gasteiger partial charge is 0.266 e. The molecule has 0 aromatic heterocycles. The van der Waals surface area contributed by atoms with Crippen LogP contribution in [0, 0.1) is 0 Å². The van der Waals surface area contributed by atoms with E-state index in [2.05, 4.69) is 0 Å². The minimum atomic E-state index is -1.30. The molecule has 2 aliphatic heterocycles. The third-order valence-corrected chi connectivity index (χ3v) is 3.78. The van der Waals surface area contributed by atoms with Crippen molar-refractivity contribution in [3.63, 3.8) is 0 Å². The zero-order valence-corrected chi connectivity index (χ0v) is 11.4. The number of hydrogen-bond acceptors (Lipinski definition) is 8. The first-order valence-electron chi connectivity index (χ1n) is 6.47. The van der Waals surface area contributed by atoms with Gasteiger partial charge in [-0.05, 0) is 6.42 Å². The van der Waals surface area contributed by atoms with Crippen LogP contribution in [0.3, 0.4) is 0 Å². The lowest BCUT2D eigenvalue weighted by Crippen LogP contribution is -2.54. The summed E-state index contributed by atoms with van der Waals surface area (Å²) in [6.45, 7) is 0. The van der Waals surface area contributed by atoms with Gasteiger partial charge in [0.25, 0.3) is 11.8 Å². The van der Waals surface area contributed by atoms with E-state index in [1.165, 1.54) is 0 Å². The molecule has 2 heterocycles. The predicted octanol–water partition coefficient (Wildman–Crippen LogP) is -1.09. The Kier molecular flexibility index (Phi) is 2.92. The van der Waals surface area contributed by atoms with Gasteiger partial charge in [-0.15, -0.1) is 0 Å². The molecule has 0 saturated carbocycles. The molecule has 1 saturated heterocycles. The summed E-state index contributed by atoms with van der Waals surface area (Å²) in [5.74, 6) is -8.15. The third kappa shape index (κ3) is 1.81. The van der Waals surface area contributed by atoms with Gasteiger partial charge in [0.15, 0.2) is 11.5 Å². The van der Waals surface area contributed by atoms with Gasteiger partial charge in [-0.1, -0.05) is 0 Å². The molecular weight excluding hydrogens is 312 g/mol. The maximum atomic E-state index is 12.3. The highest BCUT2D eigenvalue weighted by molar-refractivity contribution is 6.26. The molecule has 4 amide bonds. The summed E-state index contributed by atoms with van der Waals surface area (Å²) in [6, 6.07) is -1.30. The zero-order chi connectivity index (χ0) is 17.0. The molecular formula is C13H10N2O8. The number of rotatable bonds is 1. The summed E-state index contributed by atoms with van der Waals surface area (Å²) in [5, 5.41) is 40.4. The molecule has 3 rings (SSSR count). The summed E-state index contributed by atoms with van der Waals surface area (Å²) in [4.78, 5) is 48.2. The lowest BCUT2D eigenvalue weighted by Gasteiger charge is -2.27. The first-order chi connectivity index (χ1) is 10.8. The SMILES string of the molecule is O=C1CCC(N2C(=O)c3c(O)c(O)c(O)c(O)c3C2=O)C(=O)N1. The largest absolute Gasteiger partial charge is 0.504 e. The Balaban J connectivity index is 2.12. The van der Waals surface area contributed by atoms with Crippen LogP contribution >= 0.6 is 0 Å². The summed E-state index contributed by atoms with van der Waals surface area (Å²) in [5.41, 5.74) is -1.43. The Morgan fingerprint density at radius 1 is 0.826 bits per heavy atom. The van der Waals surface area contributed by atoms with Gasteiger partial charge < -0.3 is 20.4 Å². The second kappa shape index (κ2) is 4.60. The molecule has 2 aliphatic rings. The monoisotopic (exact) mass is 322 g/mol. The van der Waals surface area contributed by atoms with E-state index in [4.69, 9.17) is 0 Å². The van der Waals surface area contributed by atoms with Crippen molar-refractivity contribution < 1.29 is 39.6 Å². The molecule has 120 valence electrons. The van der Waals surface area contributed by atoms with Crippen molar-refractivity contribution in [1.82, 2.24) is 10.2 Å². The molecule has 10 nitrogen and oxygen atoms in total. The number of fused-ring (bicyclic) bond motifs is 1. The minimum absolute atomic E-state index is 0.0989. The van der Waals surface area contributed by atoms with E-state index in [-0.39, 0.29) is 12.8 Å². The van der Waals surface area contributed by atoms with Crippen molar-refractivity contribution in [1.29, 1.82) is 0 Å². The Labute approximate surface area is 127 Å². The van der Waals surface area contributed by atoms with Gasteiger partial charge in [0.05, 0.1) is 0 Å². The van der Waals surface area contributed by atoms with Crippen molar-refractivity contribution in [2.45, 2.75) is 18.9 Å². The zero-order valence-electron chi connectivity index (χ0n) is 11.4. The van der Waals surface area contributed by atoms with Gasteiger partial charge in [-0.2, -0.15) is 0 Å². The van der Waals surface area contributed by atoms with E-state index in [0.29, 0.717) is 4.90 Å². The fourth-order valence-corrected chi connectivity index (χ4v) is 2.66. The Morgan fingerprint density at radius 3 is 1.74 bits per heavy atom. The second-order valence-electron chi connectivity index (χ2n) is 5.09. The highest BCUT2D eigenvalue weighted by atomic mass is 16.3. The van der Waals surface area contributed by atoms with Crippen LogP contribution in [-0.2, 0) is 9.59 Å². The van der Waals surface area contributed by atoms with Gasteiger partial charge in [-0.25, -0.2) is 0 Å². The molecule has 1 aromatic carbocycles. The van der Waals surface area contributed by atoms with Crippen molar-refractivity contribution in [2.75, 3.05) is 0 Å². The van der Waals surface area contributed by atoms with E-state index in [0.717, 1.165) is 0 Å². The molecule has 0 radical (unpaired) electrons. The van der Waals surface area contributed by atoms with Gasteiger partial charge >= 0.3 is 0 Å². The fourth-order valence-electron chi connectivity index (χ4n) is 2.66. The van der Waals surface area contributed by atoms with Crippen LogP contribution in [0.1, 0.15) is 33.6 Å². The number of nitrogens with one attached hydrogen (secondary N) is 1. The fraction of sp³-hybridized carbons (Fsp3) is 0.231. The van der Waals surface area contributed by atoms with Crippen molar-refractivity contribution >= 4 is 23.6 Å². The lowest BCUT2D eigenvalue weighted by atomic mass is 10.0. The quantitative estimate of drug-likeness (QED) is 0.247. The van der Waals surface area contributed by atoms with Crippen LogP contribution in [-0.4, -0.2) is 55.0 Å². The van der Waals surface area contributed by atoms with Crippen LogP contribution in [0.2, 0.25) is 0 Å². The predicted molar refractivity (Wildman–Crippen MR) is 69.8 cm³/mol. The van der Waals surface area contributed by atoms with Crippen LogP contribution in [0.5, 0.6) is 23.0 Å². The summed E-state index contributed by atoms with van der Waals surface area (Å²) in [6.07, 6.45) is -0.214. The minimum Gasteiger partial charge on any atom is -0.504 e. The first kappa shape index (κ1) is 14.6. The number of phenolic OH excluding ortho intramolecular Hbond substituents is 4. The molecule has 23 heavy (non-hydrogen) atoms. The van der Waals surface area contributed by atoms with Crippen LogP contribution in [0.15, 0.2) is 0 Å². The number of carbonyl (C=O) groups is 4. The standard InChI is InChI=1S/C13H10N2O8/c16-4-2-1-3(11(21)14-4)15-12(22)5-6(13(15)23)8(18)10(20)9(19)7(5)17/h3,17-20H,1-2H2,(H,14,16,21). The van der Waals surface area contributed by atoms with Crippen LogP contribution in [0.4, 0.5) is 0 Å². The molecule has 1 unspecified atom stereocenters. The topological polar surface area (TPSA) is 164 Å². The number of aromatic hydroxyl groups is 4. The number of piperidine rings is 1. The van der Waals surface area contributed by atoms with Gasteiger partial charge in [-0.3, -0.25) is 29.4 Å². The number of nitrogens with zero attached hydrogens (tertiary/aromatic N) is 1. The van der Waals surface area contributed by atoms with E-state index in [1.807, 2.05) is 5.32 Å².